The Morgan fingerprint density at radius 1 is 1.67 bits per heavy atom. The van der Waals surface area contributed by atoms with Gasteiger partial charge in [-0.15, -0.1) is 0 Å². The number of nitrogens with one attached hydrogen (secondary N) is 1. The lowest BCUT2D eigenvalue weighted by Crippen LogP contribution is -2.30. The van der Waals surface area contributed by atoms with Crippen LogP contribution in [0.4, 0.5) is 0 Å². The maximum absolute atomic E-state index is 11.3. The molecule has 1 rings (SSSR count). The molecule has 0 spiro atoms. The molecule has 0 saturated heterocycles. The van der Waals surface area contributed by atoms with Crippen LogP contribution in [0, 0.1) is 0 Å². The molecule has 1 amide bonds. The zero-order valence-corrected chi connectivity index (χ0v) is 9.16. The lowest BCUT2D eigenvalue weighted by Gasteiger charge is -2.11. The number of amides is 1. The van der Waals surface area contributed by atoms with E-state index in [9.17, 15) is 4.79 Å². The molecule has 0 unspecified atom stereocenters. The Labute approximate surface area is 89.6 Å². The summed E-state index contributed by atoms with van der Waals surface area (Å²) >= 11 is 0. The molecule has 15 heavy (non-hydrogen) atoms. The first-order valence-electron chi connectivity index (χ1n) is 5.14. The molecule has 1 heterocycles. The lowest BCUT2D eigenvalue weighted by atomic mass is 10.2. The smallest absolute Gasteiger partial charge is 0.246 e. The van der Waals surface area contributed by atoms with Crippen molar-refractivity contribution in [1.29, 1.82) is 0 Å². The van der Waals surface area contributed by atoms with E-state index < -0.39 is 0 Å². The molecule has 0 fully saturated rings. The van der Waals surface area contributed by atoms with E-state index in [0.29, 0.717) is 6.61 Å². The van der Waals surface area contributed by atoms with E-state index in [4.69, 9.17) is 9.15 Å². The Hall–Kier alpha value is -1.29. The van der Waals surface area contributed by atoms with Gasteiger partial charge in [0.05, 0.1) is 12.3 Å². The summed E-state index contributed by atoms with van der Waals surface area (Å²) < 4.78 is 10.3. The molecule has 0 radical (unpaired) electrons. The predicted molar refractivity (Wildman–Crippen MR) is 56.4 cm³/mol. The number of carbonyl (C=O) groups excluding carboxylic acids is 1. The Kier molecular flexibility index (Phi) is 4.90. The third-order valence-corrected chi connectivity index (χ3v) is 1.93. The van der Waals surface area contributed by atoms with E-state index >= 15 is 0 Å². The van der Waals surface area contributed by atoms with Crippen LogP contribution in [0.2, 0.25) is 0 Å². The third-order valence-electron chi connectivity index (χ3n) is 1.93. The van der Waals surface area contributed by atoms with Crippen LogP contribution in [0.15, 0.2) is 22.8 Å². The number of ether oxygens (including phenoxy) is 1. The first-order chi connectivity index (χ1) is 7.24. The minimum atomic E-state index is -0.118. The highest BCUT2D eigenvalue weighted by molar-refractivity contribution is 5.77. The molecule has 4 heteroatoms. The average molecular weight is 211 g/mol. The monoisotopic (exact) mass is 211 g/mol. The zero-order valence-electron chi connectivity index (χ0n) is 9.16. The average Bonchev–Trinajstić information content (AvgIpc) is 2.70. The van der Waals surface area contributed by atoms with E-state index in [0.717, 1.165) is 12.2 Å². The largest absolute Gasteiger partial charge is 0.467 e. The number of carbonyl (C=O) groups is 1. The number of hydrogen-bond donors (Lipinski definition) is 1. The fraction of sp³-hybridized carbons (Fsp3) is 0.545. The molecule has 1 atom stereocenters. The summed E-state index contributed by atoms with van der Waals surface area (Å²) in [7, 11) is 0. The van der Waals surface area contributed by atoms with Crippen molar-refractivity contribution in [3.8, 4) is 0 Å². The van der Waals surface area contributed by atoms with Gasteiger partial charge in [-0.1, -0.05) is 6.92 Å². The van der Waals surface area contributed by atoms with Gasteiger partial charge in [0, 0.05) is 6.61 Å². The molecule has 0 aromatic carbocycles. The standard InChI is InChI=1S/C11H17NO3/c1-3-6-14-8-11(13)12-9(2)10-5-4-7-15-10/h4-5,7,9H,3,6,8H2,1-2H3,(H,12,13)/t9-/m1/s1. The van der Waals surface area contributed by atoms with Crippen LogP contribution in [0.3, 0.4) is 0 Å². The van der Waals surface area contributed by atoms with E-state index in [1.165, 1.54) is 0 Å². The van der Waals surface area contributed by atoms with Crippen molar-refractivity contribution in [1.82, 2.24) is 5.32 Å². The van der Waals surface area contributed by atoms with Crippen molar-refractivity contribution >= 4 is 5.91 Å². The summed E-state index contributed by atoms with van der Waals surface area (Å²) in [5, 5.41) is 2.78. The van der Waals surface area contributed by atoms with Crippen molar-refractivity contribution in [3.05, 3.63) is 24.2 Å². The second-order valence-electron chi connectivity index (χ2n) is 3.36. The second-order valence-corrected chi connectivity index (χ2v) is 3.36. The Morgan fingerprint density at radius 3 is 3.07 bits per heavy atom. The van der Waals surface area contributed by atoms with Crippen LogP contribution in [0.5, 0.6) is 0 Å². The van der Waals surface area contributed by atoms with Crippen molar-refractivity contribution in [2.75, 3.05) is 13.2 Å². The van der Waals surface area contributed by atoms with Gasteiger partial charge in [0.1, 0.15) is 12.4 Å². The molecule has 1 N–H and O–H groups in total. The van der Waals surface area contributed by atoms with E-state index in [2.05, 4.69) is 5.32 Å². The summed E-state index contributed by atoms with van der Waals surface area (Å²) in [6.07, 6.45) is 2.51. The van der Waals surface area contributed by atoms with Gasteiger partial charge < -0.3 is 14.5 Å². The highest BCUT2D eigenvalue weighted by Gasteiger charge is 2.11. The van der Waals surface area contributed by atoms with Crippen LogP contribution >= 0.6 is 0 Å². The molecule has 4 nitrogen and oxygen atoms in total. The summed E-state index contributed by atoms with van der Waals surface area (Å²) in [4.78, 5) is 11.3. The molecule has 0 aliphatic heterocycles. The molecule has 1 aromatic heterocycles. The molecule has 0 aliphatic carbocycles. The highest BCUT2D eigenvalue weighted by atomic mass is 16.5. The first kappa shape index (κ1) is 11.8. The van der Waals surface area contributed by atoms with E-state index in [1.807, 2.05) is 19.9 Å². The number of rotatable bonds is 6. The maximum Gasteiger partial charge on any atom is 0.246 e. The Morgan fingerprint density at radius 2 is 2.47 bits per heavy atom. The number of hydrogen-bond acceptors (Lipinski definition) is 3. The van der Waals surface area contributed by atoms with Crippen LogP contribution in [-0.2, 0) is 9.53 Å². The van der Waals surface area contributed by atoms with Crippen molar-refractivity contribution in [3.63, 3.8) is 0 Å². The van der Waals surface area contributed by atoms with Gasteiger partial charge in [-0.25, -0.2) is 0 Å². The molecular formula is C11H17NO3. The van der Waals surface area contributed by atoms with Gasteiger partial charge in [0.2, 0.25) is 5.91 Å². The quantitative estimate of drug-likeness (QED) is 0.731. The summed E-state index contributed by atoms with van der Waals surface area (Å²) in [5.74, 6) is 0.631. The predicted octanol–water partition coefficient (Wildman–Crippen LogP) is 1.88. The van der Waals surface area contributed by atoms with Crippen LogP contribution in [-0.4, -0.2) is 19.1 Å². The van der Waals surface area contributed by atoms with E-state index in [-0.39, 0.29) is 18.6 Å². The molecule has 0 bridgehead atoms. The Balaban J connectivity index is 2.26. The Bertz CT molecular complexity index is 282. The molecule has 0 saturated carbocycles. The minimum Gasteiger partial charge on any atom is -0.467 e. The summed E-state index contributed by atoms with van der Waals surface area (Å²) in [6, 6.07) is 3.52. The van der Waals surface area contributed by atoms with Gasteiger partial charge >= 0.3 is 0 Å². The molecule has 1 aromatic rings. The molecule has 84 valence electrons. The fourth-order valence-corrected chi connectivity index (χ4v) is 1.20. The third kappa shape index (κ3) is 4.16. The zero-order chi connectivity index (χ0) is 11.1. The van der Waals surface area contributed by atoms with Gasteiger partial charge in [0.25, 0.3) is 0 Å². The van der Waals surface area contributed by atoms with Crippen LogP contribution in [0.1, 0.15) is 32.1 Å². The normalized spacial score (nSPS) is 12.4. The summed E-state index contributed by atoms with van der Waals surface area (Å²) in [6.45, 7) is 4.60. The maximum atomic E-state index is 11.3. The van der Waals surface area contributed by atoms with Crippen molar-refractivity contribution in [2.24, 2.45) is 0 Å². The first-order valence-corrected chi connectivity index (χ1v) is 5.14. The highest BCUT2D eigenvalue weighted by Crippen LogP contribution is 2.11. The van der Waals surface area contributed by atoms with E-state index in [1.54, 1.807) is 12.3 Å². The topological polar surface area (TPSA) is 51.5 Å². The van der Waals surface area contributed by atoms with Gasteiger partial charge in [0.15, 0.2) is 0 Å². The second kappa shape index (κ2) is 6.24. The SMILES string of the molecule is CCCOCC(=O)N[C@H](C)c1ccco1. The van der Waals surface area contributed by atoms with Gasteiger partial charge in [-0.05, 0) is 25.5 Å². The van der Waals surface area contributed by atoms with Gasteiger partial charge in [-0.2, -0.15) is 0 Å². The van der Waals surface area contributed by atoms with Gasteiger partial charge in [-0.3, -0.25) is 4.79 Å². The van der Waals surface area contributed by atoms with Crippen LogP contribution < -0.4 is 5.32 Å². The van der Waals surface area contributed by atoms with Crippen molar-refractivity contribution < 1.29 is 13.9 Å². The van der Waals surface area contributed by atoms with Crippen LogP contribution in [0.25, 0.3) is 0 Å². The molecule has 0 aliphatic rings. The van der Waals surface area contributed by atoms with Crippen molar-refractivity contribution in [2.45, 2.75) is 26.3 Å². The molecular weight excluding hydrogens is 194 g/mol. The number of furan rings is 1. The lowest BCUT2D eigenvalue weighted by molar-refractivity contribution is -0.126. The minimum absolute atomic E-state index is 0.110. The fourth-order valence-electron chi connectivity index (χ4n) is 1.20. The summed E-state index contributed by atoms with van der Waals surface area (Å²) in [5.41, 5.74) is 0.